The summed E-state index contributed by atoms with van der Waals surface area (Å²) in [5, 5.41) is 6.48. The predicted molar refractivity (Wildman–Crippen MR) is 80.5 cm³/mol. The monoisotopic (exact) mass is 263 g/mol. The first kappa shape index (κ1) is 15.5. The van der Waals surface area contributed by atoms with Crippen LogP contribution in [-0.2, 0) is 11.3 Å². The second kappa shape index (κ2) is 9.39. The van der Waals surface area contributed by atoms with Gasteiger partial charge in [0.1, 0.15) is 0 Å². The average molecular weight is 263 g/mol. The maximum atomic E-state index is 5.30. The molecule has 4 nitrogen and oxygen atoms in total. The molecule has 0 aliphatic rings. The summed E-state index contributed by atoms with van der Waals surface area (Å²) in [6, 6.07) is 8.42. The zero-order valence-electron chi connectivity index (χ0n) is 12.2. The summed E-state index contributed by atoms with van der Waals surface area (Å²) in [4.78, 5) is 4.56. The molecule has 19 heavy (non-hydrogen) atoms. The fourth-order valence-corrected chi connectivity index (χ4v) is 1.71. The Balaban J connectivity index is 2.47. The van der Waals surface area contributed by atoms with Crippen molar-refractivity contribution < 1.29 is 4.74 Å². The lowest BCUT2D eigenvalue weighted by Crippen LogP contribution is -2.39. The summed E-state index contributed by atoms with van der Waals surface area (Å²) in [5.74, 6) is 0.837. The Kier molecular flexibility index (Phi) is 7.66. The van der Waals surface area contributed by atoms with Crippen LogP contribution in [0, 0.1) is 6.92 Å². The van der Waals surface area contributed by atoms with Crippen molar-refractivity contribution in [3.05, 3.63) is 35.4 Å². The van der Waals surface area contributed by atoms with Gasteiger partial charge < -0.3 is 15.4 Å². The number of rotatable bonds is 7. The minimum absolute atomic E-state index is 0.686. The third-order valence-electron chi connectivity index (χ3n) is 2.59. The molecular weight excluding hydrogens is 238 g/mol. The van der Waals surface area contributed by atoms with Gasteiger partial charge in [0.25, 0.3) is 0 Å². The topological polar surface area (TPSA) is 45.7 Å². The van der Waals surface area contributed by atoms with Crippen molar-refractivity contribution in [2.24, 2.45) is 4.99 Å². The van der Waals surface area contributed by atoms with Gasteiger partial charge in [-0.05, 0) is 26.3 Å². The van der Waals surface area contributed by atoms with Crippen LogP contribution in [0.4, 0.5) is 0 Å². The van der Waals surface area contributed by atoms with Gasteiger partial charge in [0.15, 0.2) is 5.96 Å². The zero-order chi connectivity index (χ0) is 13.9. The van der Waals surface area contributed by atoms with Gasteiger partial charge in [-0.2, -0.15) is 0 Å². The van der Waals surface area contributed by atoms with E-state index in [4.69, 9.17) is 4.74 Å². The van der Waals surface area contributed by atoms with E-state index in [1.54, 1.807) is 0 Å². The quantitative estimate of drug-likeness (QED) is 0.450. The Morgan fingerprint density at radius 2 is 2.11 bits per heavy atom. The summed E-state index contributed by atoms with van der Waals surface area (Å²) in [6.07, 6.45) is 0. The molecule has 0 bridgehead atoms. The molecule has 0 aromatic heterocycles. The number of benzene rings is 1. The highest BCUT2D eigenvalue weighted by Gasteiger charge is 1.97. The third kappa shape index (κ3) is 6.82. The molecule has 1 aromatic rings. The summed E-state index contributed by atoms with van der Waals surface area (Å²) in [6.45, 7) is 9.92. The molecule has 0 unspecified atom stereocenters. The van der Waals surface area contributed by atoms with Crippen molar-refractivity contribution in [3.63, 3.8) is 0 Å². The van der Waals surface area contributed by atoms with Gasteiger partial charge in [-0.1, -0.05) is 29.8 Å². The molecule has 0 saturated heterocycles. The largest absolute Gasteiger partial charge is 0.380 e. The smallest absolute Gasteiger partial charge is 0.191 e. The van der Waals surface area contributed by atoms with Crippen molar-refractivity contribution in [2.75, 3.05) is 26.3 Å². The van der Waals surface area contributed by atoms with Crippen LogP contribution in [0.5, 0.6) is 0 Å². The normalized spacial score (nSPS) is 11.4. The Bertz CT molecular complexity index is 391. The van der Waals surface area contributed by atoms with Gasteiger partial charge >= 0.3 is 0 Å². The zero-order valence-corrected chi connectivity index (χ0v) is 12.2. The second-order valence-electron chi connectivity index (χ2n) is 4.31. The number of ether oxygens (including phenoxy) is 1. The molecule has 1 aromatic carbocycles. The molecule has 106 valence electrons. The van der Waals surface area contributed by atoms with Crippen molar-refractivity contribution in [1.29, 1.82) is 0 Å². The van der Waals surface area contributed by atoms with Crippen molar-refractivity contribution in [2.45, 2.75) is 27.3 Å². The molecule has 0 atom stereocenters. The fourth-order valence-electron chi connectivity index (χ4n) is 1.71. The molecule has 0 radical (unpaired) electrons. The Hall–Kier alpha value is -1.55. The molecule has 0 spiro atoms. The number of hydrogen-bond acceptors (Lipinski definition) is 2. The lowest BCUT2D eigenvalue weighted by Gasteiger charge is -2.11. The first-order valence-electron chi connectivity index (χ1n) is 6.91. The van der Waals surface area contributed by atoms with Gasteiger partial charge in [-0.15, -0.1) is 0 Å². The Labute approximate surface area is 116 Å². The van der Waals surface area contributed by atoms with E-state index in [0.29, 0.717) is 13.2 Å². The number of aryl methyl sites for hydroxylation is 1. The summed E-state index contributed by atoms with van der Waals surface area (Å²) < 4.78 is 5.30. The van der Waals surface area contributed by atoms with Crippen molar-refractivity contribution in [3.8, 4) is 0 Å². The second-order valence-corrected chi connectivity index (χ2v) is 4.31. The van der Waals surface area contributed by atoms with Crippen molar-refractivity contribution >= 4 is 5.96 Å². The van der Waals surface area contributed by atoms with Crippen LogP contribution in [0.25, 0.3) is 0 Å². The number of nitrogens with one attached hydrogen (secondary N) is 2. The van der Waals surface area contributed by atoms with Crippen LogP contribution in [0.2, 0.25) is 0 Å². The van der Waals surface area contributed by atoms with Gasteiger partial charge in [-0.3, -0.25) is 0 Å². The van der Waals surface area contributed by atoms with Crippen LogP contribution in [0.1, 0.15) is 25.0 Å². The van der Waals surface area contributed by atoms with Crippen LogP contribution < -0.4 is 10.6 Å². The predicted octanol–water partition coefficient (Wildman–Crippen LogP) is 2.09. The van der Waals surface area contributed by atoms with Gasteiger partial charge in [-0.25, -0.2) is 4.99 Å². The summed E-state index contributed by atoms with van der Waals surface area (Å²) in [7, 11) is 0. The number of nitrogens with zero attached hydrogens (tertiary/aromatic N) is 1. The molecule has 0 saturated carbocycles. The van der Waals surface area contributed by atoms with Crippen LogP contribution in [-0.4, -0.2) is 32.3 Å². The minimum Gasteiger partial charge on any atom is -0.380 e. The lowest BCUT2D eigenvalue weighted by molar-refractivity contribution is 0.152. The van der Waals surface area contributed by atoms with Crippen LogP contribution >= 0.6 is 0 Å². The van der Waals surface area contributed by atoms with E-state index in [2.05, 4.69) is 53.7 Å². The Morgan fingerprint density at radius 3 is 2.79 bits per heavy atom. The first-order valence-corrected chi connectivity index (χ1v) is 6.91. The molecule has 1 rings (SSSR count). The van der Waals surface area contributed by atoms with E-state index in [1.807, 2.05) is 6.92 Å². The number of guanidine groups is 1. The number of hydrogen-bond donors (Lipinski definition) is 2. The standard InChI is InChI=1S/C15H25N3O/c1-4-16-15(17-9-10-19-5-2)18-12-14-8-6-7-13(3)11-14/h6-8,11H,4-5,9-10,12H2,1-3H3,(H2,16,17,18). The van der Waals surface area contributed by atoms with Crippen molar-refractivity contribution in [1.82, 2.24) is 10.6 Å². The van der Waals surface area contributed by atoms with Gasteiger partial charge in [0.2, 0.25) is 0 Å². The van der Waals surface area contributed by atoms with E-state index in [0.717, 1.165) is 25.7 Å². The first-order chi connectivity index (χ1) is 9.26. The minimum atomic E-state index is 0.686. The van der Waals surface area contributed by atoms with Crippen LogP contribution in [0.15, 0.2) is 29.3 Å². The highest BCUT2D eigenvalue weighted by Crippen LogP contribution is 2.04. The average Bonchev–Trinajstić information content (AvgIpc) is 2.41. The molecule has 2 N–H and O–H groups in total. The number of aliphatic imine (C=N–C) groups is 1. The summed E-state index contributed by atoms with van der Waals surface area (Å²) >= 11 is 0. The third-order valence-corrected chi connectivity index (χ3v) is 2.59. The van der Waals surface area contributed by atoms with Gasteiger partial charge in [0, 0.05) is 19.7 Å². The summed E-state index contributed by atoms with van der Waals surface area (Å²) in [5.41, 5.74) is 2.49. The van der Waals surface area contributed by atoms with Gasteiger partial charge in [0.05, 0.1) is 13.2 Å². The van der Waals surface area contributed by atoms with Crippen LogP contribution in [0.3, 0.4) is 0 Å². The van der Waals surface area contributed by atoms with E-state index in [9.17, 15) is 0 Å². The van der Waals surface area contributed by atoms with E-state index >= 15 is 0 Å². The molecule has 0 aliphatic carbocycles. The van der Waals surface area contributed by atoms with E-state index in [1.165, 1.54) is 11.1 Å². The molecule has 0 amide bonds. The molecule has 0 fully saturated rings. The molecular formula is C15H25N3O. The maximum absolute atomic E-state index is 5.30. The van der Waals surface area contributed by atoms with E-state index < -0.39 is 0 Å². The lowest BCUT2D eigenvalue weighted by atomic mass is 10.1. The van der Waals surface area contributed by atoms with E-state index in [-0.39, 0.29) is 0 Å². The molecule has 0 heterocycles. The fraction of sp³-hybridized carbons (Fsp3) is 0.533. The Morgan fingerprint density at radius 1 is 1.26 bits per heavy atom. The maximum Gasteiger partial charge on any atom is 0.191 e. The SMILES string of the molecule is CCNC(=NCc1cccc(C)c1)NCCOCC. The highest BCUT2D eigenvalue weighted by atomic mass is 16.5. The highest BCUT2D eigenvalue weighted by molar-refractivity contribution is 5.79. The molecule has 4 heteroatoms. The molecule has 0 aliphatic heterocycles.